The molecule has 1 heterocycles. The van der Waals surface area contributed by atoms with Crippen LogP contribution in [0.4, 0.5) is 0 Å². The summed E-state index contributed by atoms with van der Waals surface area (Å²) in [4.78, 5) is 0. The van der Waals surface area contributed by atoms with E-state index in [1.165, 1.54) is 0 Å². The van der Waals surface area contributed by atoms with Crippen molar-refractivity contribution < 1.29 is 14.6 Å². The van der Waals surface area contributed by atoms with Crippen molar-refractivity contribution in [3.63, 3.8) is 0 Å². The third-order valence-corrected chi connectivity index (χ3v) is 4.03. The van der Waals surface area contributed by atoms with E-state index in [1.54, 1.807) is 7.11 Å². The predicted molar refractivity (Wildman–Crippen MR) is 84.8 cm³/mol. The lowest BCUT2D eigenvalue weighted by molar-refractivity contribution is -0.0408. The minimum Gasteiger partial charge on any atom is -0.497 e. The summed E-state index contributed by atoms with van der Waals surface area (Å²) in [6.07, 6.45) is 2.10. The zero-order valence-corrected chi connectivity index (χ0v) is 13.8. The molecule has 1 aromatic carbocycles. The van der Waals surface area contributed by atoms with E-state index >= 15 is 0 Å². The Hall–Kier alpha value is -1.22. The molecule has 0 spiro atoms. The first-order valence-corrected chi connectivity index (χ1v) is 7.90. The Kier molecular flexibility index (Phi) is 4.82. The molecule has 0 aromatic heterocycles. The van der Waals surface area contributed by atoms with Crippen molar-refractivity contribution in [1.82, 2.24) is 0 Å². The molecule has 0 fully saturated rings. The molecule has 3 nitrogen and oxygen atoms in total. The van der Waals surface area contributed by atoms with Crippen molar-refractivity contribution >= 4 is 0 Å². The van der Waals surface area contributed by atoms with Gasteiger partial charge in [0.25, 0.3) is 0 Å². The van der Waals surface area contributed by atoms with Gasteiger partial charge in [-0.1, -0.05) is 27.7 Å². The van der Waals surface area contributed by atoms with Gasteiger partial charge in [0.2, 0.25) is 0 Å². The molecule has 0 aliphatic carbocycles. The summed E-state index contributed by atoms with van der Waals surface area (Å²) < 4.78 is 11.6. The minimum absolute atomic E-state index is 0.261. The van der Waals surface area contributed by atoms with Gasteiger partial charge in [0, 0.05) is 12.0 Å². The predicted octanol–water partition coefficient (Wildman–Crippen LogP) is 4.34. The molecule has 0 amide bonds. The molecule has 1 aromatic rings. The minimum atomic E-state index is -0.485. The summed E-state index contributed by atoms with van der Waals surface area (Å²) in [7, 11) is 1.64. The molecule has 0 saturated carbocycles. The number of methoxy groups -OCH3 is 1. The molecule has 3 heteroatoms. The van der Waals surface area contributed by atoms with Gasteiger partial charge in [0.05, 0.1) is 13.2 Å². The first-order chi connectivity index (χ1) is 9.85. The van der Waals surface area contributed by atoms with E-state index in [9.17, 15) is 5.11 Å². The molecule has 0 radical (unpaired) electrons. The first-order valence-electron chi connectivity index (χ1n) is 7.90. The molecule has 1 aliphatic heterocycles. The van der Waals surface area contributed by atoms with Crippen LogP contribution in [0.25, 0.3) is 0 Å². The summed E-state index contributed by atoms with van der Waals surface area (Å²) in [6.45, 7) is 8.84. The maximum absolute atomic E-state index is 10.6. The number of ether oxygens (including phenoxy) is 2. The number of fused-ring (bicyclic) bond motifs is 1. The number of hydrogen-bond donors (Lipinski definition) is 1. The largest absolute Gasteiger partial charge is 0.497 e. The van der Waals surface area contributed by atoms with Crippen molar-refractivity contribution in [2.75, 3.05) is 7.11 Å². The van der Waals surface area contributed by atoms with E-state index in [0.717, 1.165) is 29.9 Å². The fraction of sp³-hybridized carbons (Fsp3) is 0.667. The van der Waals surface area contributed by atoms with Gasteiger partial charge in [-0.2, -0.15) is 0 Å². The van der Waals surface area contributed by atoms with E-state index in [0.29, 0.717) is 18.3 Å². The quantitative estimate of drug-likeness (QED) is 0.877. The third kappa shape index (κ3) is 3.70. The fourth-order valence-electron chi connectivity index (χ4n) is 3.57. The Morgan fingerprint density at radius 3 is 2.38 bits per heavy atom. The van der Waals surface area contributed by atoms with Gasteiger partial charge in [-0.05, 0) is 42.9 Å². The van der Waals surface area contributed by atoms with Crippen LogP contribution >= 0.6 is 0 Å². The Labute approximate surface area is 128 Å². The Bertz CT molecular complexity index is 469. The molecule has 0 saturated heterocycles. The molecule has 0 unspecified atom stereocenters. The van der Waals surface area contributed by atoms with Crippen LogP contribution in [0.2, 0.25) is 0 Å². The highest BCUT2D eigenvalue weighted by molar-refractivity contribution is 5.43. The van der Waals surface area contributed by atoms with E-state index < -0.39 is 6.10 Å². The second-order valence-electron chi connectivity index (χ2n) is 7.10. The van der Waals surface area contributed by atoms with Crippen molar-refractivity contribution in [2.45, 2.75) is 58.7 Å². The van der Waals surface area contributed by atoms with Crippen molar-refractivity contribution in [2.24, 2.45) is 11.8 Å². The smallest absolute Gasteiger partial charge is 0.126 e. The van der Waals surface area contributed by atoms with Crippen LogP contribution in [0.3, 0.4) is 0 Å². The highest BCUT2D eigenvalue weighted by atomic mass is 16.5. The van der Waals surface area contributed by atoms with Crippen molar-refractivity contribution in [1.29, 1.82) is 0 Å². The van der Waals surface area contributed by atoms with Crippen molar-refractivity contribution in [3.8, 4) is 11.5 Å². The number of aliphatic hydroxyl groups excluding tert-OH is 1. The maximum Gasteiger partial charge on any atom is 0.126 e. The van der Waals surface area contributed by atoms with E-state index in [2.05, 4.69) is 27.7 Å². The van der Waals surface area contributed by atoms with Gasteiger partial charge in [-0.25, -0.2) is 0 Å². The zero-order chi connectivity index (χ0) is 15.6. The molecule has 1 N–H and O–H groups in total. The van der Waals surface area contributed by atoms with Gasteiger partial charge in [-0.15, -0.1) is 0 Å². The molecule has 2 rings (SSSR count). The van der Waals surface area contributed by atoms with Crippen LogP contribution < -0.4 is 9.47 Å². The SMILES string of the molecule is COc1ccc2c(c1)[C@@H](O)CC(CC(C)C)(CC(C)C)O2. The second kappa shape index (κ2) is 6.27. The molecule has 0 bridgehead atoms. The molecular formula is C18H28O3. The summed E-state index contributed by atoms with van der Waals surface area (Å²) >= 11 is 0. The standard InChI is InChI=1S/C18H28O3/c1-12(2)9-18(10-13(3)4)11-16(19)15-8-14(20-5)6-7-17(15)21-18/h6-8,12-13,16,19H,9-11H2,1-5H3/t16-/m0/s1. The molecular weight excluding hydrogens is 264 g/mol. The Morgan fingerprint density at radius 1 is 1.24 bits per heavy atom. The topological polar surface area (TPSA) is 38.7 Å². The van der Waals surface area contributed by atoms with Gasteiger partial charge in [-0.3, -0.25) is 0 Å². The second-order valence-corrected chi connectivity index (χ2v) is 7.10. The van der Waals surface area contributed by atoms with Gasteiger partial charge in [0.15, 0.2) is 0 Å². The lowest BCUT2D eigenvalue weighted by Gasteiger charge is -2.43. The Morgan fingerprint density at radius 2 is 1.86 bits per heavy atom. The first kappa shape index (κ1) is 16.2. The number of aliphatic hydroxyl groups is 1. The lowest BCUT2D eigenvalue weighted by Crippen LogP contribution is -2.43. The fourth-order valence-corrected chi connectivity index (χ4v) is 3.57. The lowest BCUT2D eigenvalue weighted by atomic mass is 9.78. The number of benzene rings is 1. The van der Waals surface area contributed by atoms with Gasteiger partial charge in [0.1, 0.15) is 17.1 Å². The van der Waals surface area contributed by atoms with Crippen molar-refractivity contribution in [3.05, 3.63) is 23.8 Å². The molecule has 1 atom stereocenters. The van der Waals surface area contributed by atoms with Crippen LogP contribution in [0.15, 0.2) is 18.2 Å². The van der Waals surface area contributed by atoms with Crippen LogP contribution in [0.1, 0.15) is 58.6 Å². The maximum atomic E-state index is 10.6. The zero-order valence-electron chi connectivity index (χ0n) is 13.8. The summed E-state index contributed by atoms with van der Waals surface area (Å²) in [6, 6.07) is 5.70. The monoisotopic (exact) mass is 292 g/mol. The van der Waals surface area contributed by atoms with E-state index in [-0.39, 0.29) is 5.60 Å². The average molecular weight is 292 g/mol. The summed E-state index contributed by atoms with van der Waals surface area (Å²) in [5.41, 5.74) is 0.584. The van der Waals surface area contributed by atoms with E-state index in [4.69, 9.17) is 9.47 Å². The normalized spacial score (nSPS) is 20.3. The van der Waals surface area contributed by atoms with Gasteiger partial charge >= 0.3 is 0 Å². The number of hydrogen-bond acceptors (Lipinski definition) is 3. The summed E-state index contributed by atoms with van der Waals surface area (Å²) in [5.74, 6) is 2.64. The van der Waals surface area contributed by atoms with Crippen LogP contribution in [-0.4, -0.2) is 17.8 Å². The van der Waals surface area contributed by atoms with Crippen LogP contribution in [-0.2, 0) is 0 Å². The van der Waals surface area contributed by atoms with Crippen LogP contribution in [0, 0.1) is 11.8 Å². The van der Waals surface area contributed by atoms with E-state index in [1.807, 2.05) is 18.2 Å². The summed E-state index contributed by atoms with van der Waals surface area (Å²) in [5, 5.41) is 10.6. The average Bonchev–Trinajstić information content (AvgIpc) is 2.36. The molecule has 118 valence electrons. The van der Waals surface area contributed by atoms with Crippen LogP contribution in [0.5, 0.6) is 11.5 Å². The Balaban J connectivity index is 2.34. The van der Waals surface area contributed by atoms with Gasteiger partial charge < -0.3 is 14.6 Å². The number of rotatable bonds is 5. The highest BCUT2D eigenvalue weighted by Gasteiger charge is 2.41. The third-order valence-electron chi connectivity index (χ3n) is 4.03. The molecule has 1 aliphatic rings. The molecule has 21 heavy (non-hydrogen) atoms. The highest BCUT2D eigenvalue weighted by Crippen LogP contribution is 2.46.